The number of hydrogen-bond donors (Lipinski definition) is 3. The quantitative estimate of drug-likeness (QED) is 0.602. The average Bonchev–Trinajstić information content (AvgIpc) is 3.14. The molecule has 3 aliphatic rings. The van der Waals surface area contributed by atoms with E-state index in [1.165, 1.54) is 0 Å². The highest BCUT2D eigenvalue weighted by Crippen LogP contribution is 2.47. The number of aliphatic hydroxyl groups excluding tert-OH is 1. The van der Waals surface area contributed by atoms with Gasteiger partial charge in [0.25, 0.3) is 0 Å². The highest BCUT2D eigenvalue weighted by atomic mass is 16.6. The molecule has 33 heavy (non-hydrogen) atoms. The maximum Gasteiger partial charge on any atom is 0.227 e. The Hall–Kier alpha value is -2.90. The first kappa shape index (κ1) is 21.9. The van der Waals surface area contributed by atoms with Gasteiger partial charge in [0.15, 0.2) is 0 Å². The molecule has 0 aromatic heterocycles. The van der Waals surface area contributed by atoms with Gasteiger partial charge in [-0.05, 0) is 43.0 Å². The molecule has 0 unspecified atom stereocenters. The summed E-state index contributed by atoms with van der Waals surface area (Å²) in [5.74, 6) is 0.855. The Morgan fingerprint density at radius 3 is 2.64 bits per heavy atom. The van der Waals surface area contributed by atoms with Crippen LogP contribution < -0.4 is 15.4 Å². The van der Waals surface area contributed by atoms with Gasteiger partial charge < -0.3 is 25.2 Å². The molecule has 0 radical (unpaired) electrons. The largest absolute Gasteiger partial charge is 0.487 e. The van der Waals surface area contributed by atoms with Crippen LogP contribution in [0, 0.1) is 5.92 Å². The minimum Gasteiger partial charge on any atom is -0.487 e. The summed E-state index contributed by atoms with van der Waals surface area (Å²) in [6, 6.07) is 15.5. The Balaban J connectivity index is 1.25. The van der Waals surface area contributed by atoms with Crippen molar-refractivity contribution in [3.63, 3.8) is 0 Å². The number of hydrogen-bond acceptors (Lipinski definition) is 5. The second-order valence-corrected chi connectivity index (χ2v) is 9.24. The molecular weight excluding hydrogens is 420 g/mol. The standard InChI is InChI=1S/C26H30N2O5/c29-15-23-25-21(12-19(32-23)13-24(30)27-14-16-5-2-1-3-6-16)20-11-18(9-10-22(20)33-25)28-26(31)17-7-4-8-17/h1-3,5-6,9-11,17,19,21,23,25,29H,4,7-8,12-15H2,(H,27,30)(H,28,31)/t19-,21-,23+,25+/m1/s1. The first-order valence-corrected chi connectivity index (χ1v) is 11.8. The summed E-state index contributed by atoms with van der Waals surface area (Å²) in [4.78, 5) is 24.9. The predicted molar refractivity (Wildman–Crippen MR) is 123 cm³/mol. The Labute approximate surface area is 193 Å². The number of rotatable bonds is 7. The van der Waals surface area contributed by atoms with Crippen molar-refractivity contribution in [3.8, 4) is 5.75 Å². The van der Waals surface area contributed by atoms with Crippen LogP contribution in [0.15, 0.2) is 48.5 Å². The van der Waals surface area contributed by atoms with Crippen LogP contribution in [0.1, 0.15) is 49.1 Å². The van der Waals surface area contributed by atoms with Gasteiger partial charge in [0.1, 0.15) is 18.0 Å². The Bertz CT molecular complexity index is 1010. The molecule has 2 aromatic carbocycles. The molecule has 0 spiro atoms. The molecule has 3 N–H and O–H groups in total. The normalized spacial score (nSPS) is 25.8. The summed E-state index contributed by atoms with van der Waals surface area (Å²) in [6.45, 7) is 0.292. The van der Waals surface area contributed by atoms with Gasteiger partial charge in [-0.1, -0.05) is 36.8 Å². The topological polar surface area (TPSA) is 96.9 Å². The van der Waals surface area contributed by atoms with Gasteiger partial charge in [0, 0.05) is 29.6 Å². The van der Waals surface area contributed by atoms with Crippen molar-refractivity contribution in [1.29, 1.82) is 0 Å². The third-order valence-electron chi connectivity index (χ3n) is 6.99. The van der Waals surface area contributed by atoms with Gasteiger partial charge >= 0.3 is 0 Å². The third kappa shape index (κ3) is 4.75. The Morgan fingerprint density at radius 1 is 1.09 bits per heavy atom. The molecule has 1 aliphatic carbocycles. The molecule has 2 aliphatic heterocycles. The molecule has 1 saturated heterocycles. The second kappa shape index (κ2) is 9.53. The molecule has 7 heteroatoms. The molecule has 2 aromatic rings. The number of carbonyl (C=O) groups is 2. The molecule has 174 valence electrons. The molecule has 4 atom stereocenters. The van der Waals surface area contributed by atoms with Crippen LogP contribution >= 0.6 is 0 Å². The van der Waals surface area contributed by atoms with E-state index in [2.05, 4.69) is 10.6 Å². The molecule has 7 nitrogen and oxygen atoms in total. The van der Waals surface area contributed by atoms with E-state index in [4.69, 9.17) is 9.47 Å². The molecule has 1 saturated carbocycles. The number of aliphatic hydroxyl groups is 1. The van der Waals surface area contributed by atoms with Crippen molar-refractivity contribution in [3.05, 3.63) is 59.7 Å². The van der Waals surface area contributed by atoms with E-state index in [0.29, 0.717) is 13.0 Å². The minimum absolute atomic E-state index is 0.00150. The zero-order valence-electron chi connectivity index (χ0n) is 18.5. The number of amides is 2. The van der Waals surface area contributed by atoms with Gasteiger partial charge in [-0.2, -0.15) is 0 Å². The maximum atomic E-state index is 12.6. The van der Waals surface area contributed by atoms with Gasteiger partial charge in [0.05, 0.1) is 19.1 Å². The summed E-state index contributed by atoms with van der Waals surface area (Å²) < 4.78 is 12.2. The number of ether oxygens (including phenoxy) is 2. The first-order valence-electron chi connectivity index (χ1n) is 11.8. The lowest BCUT2D eigenvalue weighted by Crippen LogP contribution is -2.47. The summed E-state index contributed by atoms with van der Waals surface area (Å²) in [7, 11) is 0. The Morgan fingerprint density at radius 2 is 1.91 bits per heavy atom. The molecule has 2 heterocycles. The average molecular weight is 451 g/mol. The van der Waals surface area contributed by atoms with E-state index in [-0.39, 0.29) is 48.9 Å². The van der Waals surface area contributed by atoms with Crippen LogP contribution in [0.5, 0.6) is 5.75 Å². The lowest BCUT2D eigenvalue weighted by atomic mass is 9.83. The number of nitrogens with one attached hydrogen (secondary N) is 2. The summed E-state index contributed by atoms with van der Waals surface area (Å²) in [5.41, 5.74) is 2.81. The van der Waals surface area contributed by atoms with Gasteiger partial charge in [-0.15, -0.1) is 0 Å². The fourth-order valence-corrected chi connectivity index (χ4v) is 4.96. The fraction of sp³-hybridized carbons (Fsp3) is 0.462. The fourth-order valence-electron chi connectivity index (χ4n) is 4.96. The van der Waals surface area contributed by atoms with Crippen LogP contribution in [0.25, 0.3) is 0 Å². The lowest BCUT2D eigenvalue weighted by molar-refractivity contribution is -0.142. The molecular formula is C26H30N2O5. The molecule has 2 amide bonds. The van der Waals surface area contributed by atoms with Gasteiger partial charge in [-0.25, -0.2) is 0 Å². The maximum absolute atomic E-state index is 12.6. The minimum atomic E-state index is -0.504. The van der Waals surface area contributed by atoms with Crippen molar-refractivity contribution < 1.29 is 24.2 Å². The molecule has 2 fully saturated rings. The number of anilines is 1. The van der Waals surface area contributed by atoms with Crippen molar-refractivity contribution in [2.45, 2.75) is 62.9 Å². The van der Waals surface area contributed by atoms with E-state index >= 15 is 0 Å². The van der Waals surface area contributed by atoms with Crippen LogP contribution in [0.2, 0.25) is 0 Å². The number of fused-ring (bicyclic) bond motifs is 3. The Kier molecular flexibility index (Phi) is 6.33. The highest BCUT2D eigenvalue weighted by molar-refractivity contribution is 5.93. The molecule has 5 rings (SSSR count). The lowest BCUT2D eigenvalue weighted by Gasteiger charge is -2.37. The van der Waals surface area contributed by atoms with E-state index < -0.39 is 6.10 Å². The van der Waals surface area contributed by atoms with E-state index in [1.54, 1.807) is 0 Å². The summed E-state index contributed by atoms with van der Waals surface area (Å²) >= 11 is 0. The SMILES string of the molecule is O=C(C[C@H]1C[C@@H]2c3cc(NC(=O)C4CCC4)ccc3O[C@@H]2[C@H](CO)O1)NCc1ccccc1. The predicted octanol–water partition coefficient (Wildman–Crippen LogP) is 3.13. The van der Waals surface area contributed by atoms with Crippen LogP contribution in [-0.2, 0) is 20.9 Å². The highest BCUT2D eigenvalue weighted by Gasteiger charge is 2.46. The summed E-state index contributed by atoms with van der Waals surface area (Å²) in [5, 5.41) is 15.9. The number of benzene rings is 2. The van der Waals surface area contributed by atoms with Crippen molar-refractivity contribution in [1.82, 2.24) is 5.32 Å². The van der Waals surface area contributed by atoms with Crippen LogP contribution in [0.4, 0.5) is 5.69 Å². The molecule has 0 bridgehead atoms. The number of carbonyl (C=O) groups excluding carboxylic acids is 2. The van der Waals surface area contributed by atoms with E-state index in [1.807, 2.05) is 48.5 Å². The van der Waals surface area contributed by atoms with Crippen molar-refractivity contribution >= 4 is 17.5 Å². The van der Waals surface area contributed by atoms with Crippen molar-refractivity contribution in [2.75, 3.05) is 11.9 Å². The smallest absolute Gasteiger partial charge is 0.227 e. The third-order valence-corrected chi connectivity index (χ3v) is 6.99. The van der Waals surface area contributed by atoms with Crippen LogP contribution in [0.3, 0.4) is 0 Å². The van der Waals surface area contributed by atoms with E-state index in [0.717, 1.165) is 41.8 Å². The first-order chi connectivity index (χ1) is 16.1. The zero-order chi connectivity index (χ0) is 22.8. The second-order valence-electron chi connectivity index (χ2n) is 9.24. The van der Waals surface area contributed by atoms with Crippen molar-refractivity contribution in [2.24, 2.45) is 5.92 Å². The van der Waals surface area contributed by atoms with Gasteiger partial charge in [-0.3, -0.25) is 9.59 Å². The monoisotopic (exact) mass is 450 g/mol. The van der Waals surface area contributed by atoms with Crippen LogP contribution in [-0.4, -0.2) is 41.8 Å². The summed E-state index contributed by atoms with van der Waals surface area (Å²) in [6.07, 6.45) is 2.74. The zero-order valence-corrected chi connectivity index (χ0v) is 18.5. The van der Waals surface area contributed by atoms with E-state index in [9.17, 15) is 14.7 Å². The van der Waals surface area contributed by atoms with Gasteiger partial charge in [0.2, 0.25) is 11.8 Å².